The van der Waals surface area contributed by atoms with Gasteiger partial charge in [0.15, 0.2) is 0 Å². The molecule has 1 heterocycles. The second kappa shape index (κ2) is 11.3. The monoisotopic (exact) mass is 598 g/mol. The fourth-order valence-electron chi connectivity index (χ4n) is 5.39. The number of amides is 2. The number of benzodiazepines with no additional fused rings is 1. The lowest BCUT2D eigenvalue weighted by Crippen LogP contribution is -2.62. The molecule has 3 aromatic rings. The summed E-state index contributed by atoms with van der Waals surface area (Å²) in [6.07, 6.45) is -4.18. The van der Waals surface area contributed by atoms with E-state index in [-0.39, 0.29) is 12.8 Å². The zero-order valence-electron chi connectivity index (χ0n) is 22.7. The van der Waals surface area contributed by atoms with Crippen LogP contribution in [0.25, 0.3) is 0 Å². The number of aliphatic imine (C=N–C) groups is 1. The Kier molecular flexibility index (Phi) is 7.95. The third-order valence-electron chi connectivity index (χ3n) is 7.60. The lowest BCUT2D eigenvalue weighted by Gasteiger charge is -2.37. The molecule has 0 saturated heterocycles. The zero-order valence-corrected chi connectivity index (χ0v) is 23.5. The van der Waals surface area contributed by atoms with Crippen molar-refractivity contribution in [1.29, 1.82) is 0 Å². The first-order chi connectivity index (χ1) is 19.9. The van der Waals surface area contributed by atoms with Crippen molar-refractivity contribution in [3.63, 3.8) is 0 Å². The standard InChI is InChI=1S/C30H29F3N4O4S/c1-37-24-16-7-6-15-23(24)25(20-11-4-2-5-12-20)34-26(27(37)38)35-28(39)29(17-8-3-9-18-29)36-42(40,41)22-14-10-13-21(19-22)30(31,32)33/h2,4-7,10-16,19,26,36H,3,8-9,17-18H2,1H3,(H,35,39). The minimum atomic E-state index is -4.75. The fourth-order valence-corrected chi connectivity index (χ4v) is 6.86. The number of likely N-dealkylation sites (N-methyl/N-ethyl adjacent to an activating group) is 1. The minimum absolute atomic E-state index is 0.100. The highest BCUT2D eigenvalue weighted by atomic mass is 32.2. The van der Waals surface area contributed by atoms with Crippen molar-refractivity contribution in [3.05, 3.63) is 95.6 Å². The molecule has 0 aromatic heterocycles. The van der Waals surface area contributed by atoms with E-state index >= 15 is 0 Å². The number of hydrogen-bond acceptors (Lipinski definition) is 5. The predicted molar refractivity (Wildman–Crippen MR) is 151 cm³/mol. The number of anilines is 1. The molecule has 1 fully saturated rings. The molecule has 0 bridgehead atoms. The highest BCUT2D eigenvalue weighted by Crippen LogP contribution is 2.34. The van der Waals surface area contributed by atoms with Gasteiger partial charge in [-0.15, -0.1) is 0 Å². The molecule has 220 valence electrons. The van der Waals surface area contributed by atoms with Gasteiger partial charge in [0, 0.05) is 18.2 Å². The van der Waals surface area contributed by atoms with Gasteiger partial charge >= 0.3 is 6.18 Å². The molecule has 2 amide bonds. The third-order valence-corrected chi connectivity index (χ3v) is 9.14. The zero-order chi connectivity index (χ0) is 30.1. The maximum Gasteiger partial charge on any atom is 0.416 e. The molecule has 0 radical (unpaired) electrons. The van der Waals surface area contributed by atoms with E-state index in [1.165, 1.54) is 4.90 Å². The van der Waals surface area contributed by atoms with E-state index < -0.39 is 50.2 Å². The van der Waals surface area contributed by atoms with Crippen LogP contribution in [0.5, 0.6) is 0 Å². The van der Waals surface area contributed by atoms with Crippen LogP contribution in [0, 0.1) is 0 Å². The number of halogens is 3. The maximum atomic E-state index is 13.9. The van der Waals surface area contributed by atoms with Gasteiger partial charge in [0.05, 0.1) is 21.9 Å². The first-order valence-corrected chi connectivity index (χ1v) is 14.9. The van der Waals surface area contributed by atoms with Gasteiger partial charge in [0.1, 0.15) is 5.54 Å². The average molecular weight is 599 g/mol. The summed E-state index contributed by atoms with van der Waals surface area (Å²) in [6.45, 7) is 0. The van der Waals surface area contributed by atoms with Crippen LogP contribution in [0.1, 0.15) is 48.8 Å². The Hall–Kier alpha value is -4.03. The van der Waals surface area contributed by atoms with Gasteiger partial charge in [-0.2, -0.15) is 17.9 Å². The molecule has 5 rings (SSSR count). The molecule has 2 aliphatic rings. The number of para-hydroxylation sites is 1. The molecule has 12 heteroatoms. The van der Waals surface area contributed by atoms with Crippen molar-refractivity contribution >= 4 is 33.2 Å². The molecule has 0 spiro atoms. The summed E-state index contributed by atoms with van der Waals surface area (Å²) < 4.78 is 69.1. The SMILES string of the molecule is CN1C(=O)C(NC(=O)C2(NS(=O)(=O)c3cccc(C(F)(F)F)c3)CCCCC2)N=C(c2ccccc2)c2ccccc21. The molecule has 1 atom stereocenters. The van der Waals surface area contributed by atoms with Crippen LogP contribution in [0.4, 0.5) is 18.9 Å². The summed E-state index contributed by atoms with van der Waals surface area (Å²) in [6, 6.07) is 19.7. The first-order valence-electron chi connectivity index (χ1n) is 13.4. The molecule has 1 aliphatic heterocycles. The quantitative estimate of drug-likeness (QED) is 0.431. The summed E-state index contributed by atoms with van der Waals surface area (Å²) in [4.78, 5) is 33.0. The first kappa shape index (κ1) is 29.5. The molecule has 8 nitrogen and oxygen atoms in total. The number of fused-ring (bicyclic) bond motifs is 1. The lowest BCUT2D eigenvalue weighted by molar-refractivity contribution is -0.137. The van der Waals surface area contributed by atoms with Crippen molar-refractivity contribution in [3.8, 4) is 0 Å². The minimum Gasteiger partial charge on any atom is -0.325 e. The third kappa shape index (κ3) is 5.82. The summed E-state index contributed by atoms with van der Waals surface area (Å²) >= 11 is 0. The predicted octanol–water partition coefficient (Wildman–Crippen LogP) is 4.64. The Bertz CT molecular complexity index is 1640. The van der Waals surface area contributed by atoms with Crippen LogP contribution in [0.2, 0.25) is 0 Å². The molecular weight excluding hydrogens is 569 g/mol. The molecular formula is C30H29F3N4O4S. The van der Waals surface area contributed by atoms with Crippen molar-refractivity contribution in [2.24, 2.45) is 4.99 Å². The van der Waals surface area contributed by atoms with Crippen LogP contribution < -0.4 is 14.9 Å². The van der Waals surface area contributed by atoms with Gasteiger partial charge in [-0.25, -0.2) is 13.4 Å². The van der Waals surface area contributed by atoms with E-state index in [4.69, 9.17) is 0 Å². The maximum absolute atomic E-state index is 13.9. The summed E-state index contributed by atoms with van der Waals surface area (Å²) in [5.41, 5.74) is -0.372. The van der Waals surface area contributed by atoms with E-state index in [1.54, 1.807) is 19.2 Å². The highest BCUT2D eigenvalue weighted by molar-refractivity contribution is 7.89. The van der Waals surface area contributed by atoms with Gasteiger partial charge in [-0.05, 0) is 37.1 Å². The Balaban J connectivity index is 1.51. The van der Waals surface area contributed by atoms with Gasteiger partial charge in [-0.1, -0.05) is 73.9 Å². The van der Waals surface area contributed by atoms with Crippen molar-refractivity contribution < 1.29 is 31.2 Å². The number of benzene rings is 3. The van der Waals surface area contributed by atoms with E-state index in [9.17, 15) is 31.2 Å². The molecule has 1 aliphatic carbocycles. The second-order valence-electron chi connectivity index (χ2n) is 10.4. The molecule has 2 N–H and O–H groups in total. The Morgan fingerprint density at radius 2 is 1.62 bits per heavy atom. The van der Waals surface area contributed by atoms with Crippen LogP contribution in [0.3, 0.4) is 0 Å². The normalized spacial score (nSPS) is 19.0. The lowest BCUT2D eigenvalue weighted by atomic mass is 9.82. The number of hydrogen-bond donors (Lipinski definition) is 2. The fraction of sp³-hybridized carbons (Fsp3) is 0.300. The number of sulfonamides is 1. The van der Waals surface area contributed by atoms with Crippen LogP contribution in [-0.2, 0) is 25.8 Å². The number of carbonyl (C=O) groups excluding carboxylic acids is 2. The topological polar surface area (TPSA) is 108 Å². The van der Waals surface area contributed by atoms with E-state index in [0.717, 1.165) is 24.6 Å². The number of alkyl halides is 3. The van der Waals surface area contributed by atoms with Gasteiger partial charge in [0.25, 0.3) is 5.91 Å². The second-order valence-corrected chi connectivity index (χ2v) is 12.1. The number of nitrogens with zero attached hydrogens (tertiary/aromatic N) is 2. The van der Waals surface area contributed by atoms with E-state index in [1.807, 2.05) is 42.5 Å². The van der Waals surface area contributed by atoms with Gasteiger partial charge in [-0.3, -0.25) is 9.59 Å². The Morgan fingerprint density at radius 1 is 0.952 bits per heavy atom. The highest BCUT2D eigenvalue weighted by Gasteiger charge is 2.45. The number of rotatable bonds is 6. The van der Waals surface area contributed by atoms with Crippen LogP contribution in [-0.4, -0.2) is 44.7 Å². The summed E-state index contributed by atoms with van der Waals surface area (Å²) in [5, 5.41) is 2.67. The molecule has 1 saturated carbocycles. The van der Waals surface area contributed by atoms with E-state index in [2.05, 4.69) is 15.0 Å². The van der Waals surface area contributed by atoms with Crippen LogP contribution >= 0.6 is 0 Å². The molecule has 1 unspecified atom stereocenters. The average Bonchev–Trinajstić information content (AvgIpc) is 3.08. The van der Waals surface area contributed by atoms with Crippen molar-refractivity contribution in [2.45, 2.75) is 54.9 Å². The van der Waals surface area contributed by atoms with Crippen LogP contribution in [0.15, 0.2) is 88.8 Å². The van der Waals surface area contributed by atoms with Gasteiger partial charge < -0.3 is 10.2 Å². The Morgan fingerprint density at radius 3 is 2.31 bits per heavy atom. The molecule has 42 heavy (non-hydrogen) atoms. The number of carbonyl (C=O) groups is 2. The van der Waals surface area contributed by atoms with Crippen molar-refractivity contribution in [1.82, 2.24) is 10.0 Å². The number of nitrogens with one attached hydrogen (secondary N) is 2. The largest absolute Gasteiger partial charge is 0.416 e. The summed E-state index contributed by atoms with van der Waals surface area (Å²) in [7, 11) is -2.99. The molecule has 3 aromatic carbocycles. The van der Waals surface area contributed by atoms with Gasteiger partial charge in [0.2, 0.25) is 22.1 Å². The summed E-state index contributed by atoms with van der Waals surface area (Å²) in [5.74, 6) is -1.31. The Labute approximate surface area is 241 Å². The van der Waals surface area contributed by atoms with E-state index in [0.29, 0.717) is 41.4 Å². The smallest absolute Gasteiger partial charge is 0.325 e. The van der Waals surface area contributed by atoms with Crippen molar-refractivity contribution in [2.75, 3.05) is 11.9 Å².